The summed E-state index contributed by atoms with van der Waals surface area (Å²) >= 11 is 0. The van der Waals surface area contributed by atoms with Crippen LogP contribution in [-0.4, -0.2) is 17.1 Å². The van der Waals surface area contributed by atoms with Gasteiger partial charge in [0.2, 0.25) is 5.95 Å². The van der Waals surface area contributed by atoms with E-state index in [4.69, 9.17) is 4.74 Å². The molecule has 0 spiro atoms. The molecule has 0 amide bonds. The fourth-order valence-corrected chi connectivity index (χ4v) is 2.05. The van der Waals surface area contributed by atoms with E-state index >= 15 is 0 Å². The van der Waals surface area contributed by atoms with Crippen molar-refractivity contribution in [3.8, 4) is 17.0 Å². The number of pyridine rings is 1. The van der Waals surface area contributed by atoms with Crippen LogP contribution < -0.4 is 14.6 Å². The molecule has 0 fully saturated rings. The largest absolute Gasteiger partial charge is 0.497 e. The molecule has 0 unspecified atom stereocenters. The molecule has 2 aromatic heterocycles. The lowest BCUT2D eigenvalue weighted by atomic mass is 10.2. The second-order valence-electron chi connectivity index (χ2n) is 4.87. The number of methoxy groups -OCH3 is 1. The second kappa shape index (κ2) is 6.22. The van der Waals surface area contributed by atoms with E-state index in [1.54, 1.807) is 13.3 Å². The average molecular weight is 293 g/mol. The standard InChI is InChI=1S/C17H17N4O/c1-21-11-8-13(9-12-21)16-7-10-18-17(20-16)19-14-3-5-15(22-2)6-4-14/h3-12H,1-2H3,(H,18,19,20)/q+1. The van der Waals surface area contributed by atoms with E-state index in [2.05, 4.69) is 15.3 Å². The number of benzene rings is 1. The van der Waals surface area contributed by atoms with Gasteiger partial charge in [-0.15, -0.1) is 0 Å². The quantitative estimate of drug-likeness (QED) is 0.751. The van der Waals surface area contributed by atoms with Crippen molar-refractivity contribution in [3.05, 3.63) is 61.1 Å². The fraction of sp³-hybridized carbons (Fsp3) is 0.118. The van der Waals surface area contributed by atoms with Gasteiger partial charge in [0, 0.05) is 29.6 Å². The molecule has 0 saturated heterocycles. The van der Waals surface area contributed by atoms with Gasteiger partial charge in [-0.2, -0.15) is 0 Å². The van der Waals surface area contributed by atoms with Crippen molar-refractivity contribution < 1.29 is 9.30 Å². The van der Waals surface area contributed by atoms with Crippen molar-refractivity contribution in [1.82, 2.24) is 9.97 Å². The minimum atomic E-state index is 0.566. The number of hydrogen-bond acceptors (Lipinski definition) is 4. The molecule has 2 heterocycles. The highest BCUT2D eigenvalue weighted by Gasteiger charge is 2.04. The summed E-state index contributed by atoms with van der Waals surface area (Å²) in [6.07, 6.45) is 5.74. The smallest absolute Gasteiger partial charge is 0.227 e. The second-order valence-corrected chi connectivity index (χ2v) is 4.87. The number of nitrogens with zero attached hydrogens (tertiary/aromatic N) is 3. The molecule has 110 valence electrons. The minimum Gasteiger partial charge on any atom is -0.497 e. The van der Waals surface area contributed by atoms with Gasteiger partial charge in [0.15, 0.2) is 12.4 Å². The van der Waals surface area contributed by atoms with E-state index in [0.717, 1.165) is 22.7 Å². The Morgan fingerprint density at radius 2 is 1.73 bits per heavy atom. The molecular formula is C17H17N4O+. The van der Waals surface area contributed by atoms with Crippen LogP contribution >= 0.6 is 0 Å². The minimum absolute atomic E-state index is 0.566. The van der Waals surface area contributed by atoms with Crippen LogP contribution in [0.2, 0.25) is 0 Å². The Hall–Kier alpha value is -2.95. The maximum absolute atomic E-state index is 5.14. The first-order valence-electron chi connectivity index (χ1n) is 6.94. The molecule has 1 aromatic carbocycles. The Labute approximate surface area is 129 Å². The molecule has 0 aliphatic carbocycles. The van der Waals surface area contributed by atoms with Crippen molar-refractivity contribution in [3.63, 3.8) is 0 Å². The van der Waals surface area contributed by atoms with Crippen LogP contribution in [0.15, 0.2) is 61.1 Å². The molecule has 22 heavy (non-hydrogen) atoms. The Bertz CT molecular complexity index is 754. The summed E-state index contributed by atoms with van der Waals surface area (Å²) in [5.41, 5.74) is 2.85. The highest BCUT2D eigenvalue weighted by atomic mass is 16.5. The molecule has 0 radical (unpaired) electrons. The van der Waals surface area contributed by atoms with E-state index in [1.807, 2.05) is 66.5 Å². The molecule has 3 aromatic rings. The number of ether oxygens (including phenoxy) is 1. The van der Waals surface area contributed by atoms with Gasteiger partial charge in [0.25, 0.3) is 0 Å². The summed E-state index contributed by atoms with van der Waals surface area (Å²) in [4.78, 5) is 8.81. The Kier molecular flexibility index (Phi) is 3.96. The summed E-state index contributed by atoms with van der Waals surface area (Å²) in [6.45, 7) is 0. The molecule has 0 aliphatic rings. The van der Waals surface area contributed by atoms with Gasteiger partial charge in [-0.05, 0) is 30.3 Å². The van der Waals surface area contributed by atoms with Gasteiger partial charge in [-0.3, -0.25) is 0 Å². The molecule has 3 rings (SSSR count). The number of anilines is 2. The van der Waals surface area contributed by atoms with Gasteiger partial charge in [-0.25, -0.2) is 14.5 Å². The fourth-order valence-electron chi connectivity index (χ4n) is 2.05. The summed E-state index contributed by atoms with van der Waals surface area (Å²) in [5.74, 6) is 1.38. The highest BCUT2D eigenvalue weighted by Crippen LogP contribution is 2.20. The van der Waals surface area contributed by atoms with Crippen LogP contribution in [-0.2, 0) is 7.05 Å². The summed E-state index contributed by atoms with van der Waals surface area (Å²) in [5, 5.41) is 3.19. The third-order valence-electron chi connectivity index (χ3n) is 3.28. The summed E-state index contributed by atoms with van der Waals surface area (Å²) in [6, 6.07) is 13.6. The zero-order valence-corrected chi connectivity index (χ0v) is 12.5. The van der Waals surface area contributed by atoms with Crippen LogP contribution in [0.1, 0.15) is 0 Å². The lowest BCUT2D eigenvalue weighted by Crippen LogP contribution is -2.25. The van der Waals surface area contributed by atoms with Crippen molar-refractivity contribution in [2.24, 2.45) is 7.05 Å². The van der Waals surface area contributed by atoms with E-state index in [1.165, 1.54) is 0 Å². The van der Waals surface area contributed by atoms with Gasteiger partial charge < -0.3 is 10.1 Å². The predicted molar refractivity (Wildman–Crippen MR) is 84.9 cm³/mol. The number of aromatic nitrogens is 3. The SMILES string of the molecule is COc1ccc(Nc2nccc(-c3cc[n+](C)cc3)n2)cc1. The lowest BCUT2D eigenvalue weighted by molar-refractivity contribution is -0.671. The first-order valence-corrected chi connectivity index (χ1v) is 6.94. The average Bonchev–Trinajstić information content (AvgIpc) is 2.56. The maximum Gasteiger partial charge on any atom is 0.227 e. The van der Waals surface area contributed by atoms with Crippen LogP contribution in [0.3, 0.4) is 0 Å². The van der Waals surface area contributed by atoms with Crippen LogP contribution in [0.5, 0.6) is 5.75 Å². The van der Waals surface area contributed by atoms with E-state index in [9.17, 15) is 0 Å². The zero-order valence-electron chi connectivity index (χ0n) is 12.5. The molecule has 0 bridgehead atoms. The summed E-state index contributed by atoms with van der Waals surface area (Å²) < 4.78 is 7.13. The van der Waals surface area contributed by atoms with Crippen molar-refractivity contribution in [2.75, 3.05) is 12.4 Å². The molecule has 1 N–H and O–H groups in total. The van der Waals surface area contributed by atoms with Crippen LogP contribution in [0.4, 0.5) is 11.6 Å². The van der Waals surface area contributed by atoms with Crippen molar-refractivity contribution >= 4 is 11.6 Å². The van der Waals surface area contributed by atoms with Gasteiger partial charge >= 0.3 is 0 Å². The van der Waals surface area contributed by atoms with Crippen LogP contribution in [0.25, 0.3) is 11.3 Å². The Morgan fingerprint density at radius 1 is 1.00 bits per heavy atom. The van der Waals surface area contributed by atoms with E-state index in [0.29, 0.717) is 5.95 Å². The highest BCUT2D eigenvalue weighted by molar-refractivity contribution is 5.61. The van der Waals surface area contributed by atoms with Gasteiger partial charge in [0.1, 0.15) is 12.8 Å². The van der Waals surface area contributed by atoms with Crippen molar-refractivity contribution in [2.45, 2.75) is 0 Å². The molecule has 0 saturated carbocycles. The molecule has 0 atom stereocenters. The lowest BCUT2D eigenvalue weighted by Gasteiger charge is -2.07. The monoisotopic (exact) mass is 293 g/mol. The molecular weight excluding hydrogens is 276 g/mol. The van der Waals surface area contributed by atoms with Gasteiger partial charge in [0.05, 0.1) is 12.8 Å². The zero-order chi connectivity index (χ0) is 15.4. The first-order chi connectivity index (χ1) is 10.7. The molecule has 0 aliphatic heterocycles. The van der Waals surface area contributed by atoms with Crippen LogP contribution in [0, 0.1) is 0 Å². The maximum atomic E-state index is 5.14. The third kappa shape index (κ3) is 3.20. The topological polar surface area (TPSA) is 50.9 Å². The first kappa shape index (κ1) is 14.0. The van der Waals surface area contributed by atoms with E-state index in [-0.39, 0.29) is 0 Å². The number of aryl methyl sites for hydroxylation is 1. The molecule has 5 heteroatoms. The normalized spacial score (nSPS) is 10.3. The predicted octanol–water partition coefficient (Wildman–Crippen LogP) is 2.72. The molecule has 5 nitrogen and oxygen atoms in total. The third-order valence-corrected chi connectivity index (χ3v) is 3.28. The number of rotatable bonds is 4. The number of hydrogen-bond donors (Lipinski definition) is 1. The van der Waals surface area contributed by atoms with E-state index < -0.39 is 0 Å². The van der Waals surface area contributed by atoms with Gasteiger partial charge in [-0.1, -0.05) is 0 Å². The summed E-state index contributed by atoms with van der Waals surface area (Å²) in [7, 11) is 3.63. The number of nitrogens with one attached hydrogen (secondary N) is 1. The van der Waals surface area contributed by atoms with Crippen molar-refractivity contribution in [1.29, 1.82) is 0 Å². The Morgan fingerprint density at radius 3 is 2.41 bits per heavy atom. The Balaban J connectivity index is 1.82.